The zero-order chi connectivity index (χ0) is 7.44. The van der Waals surface area contributed by atoms with Gasteiger partial charge in [-0.15, -0.1) is 0 Å². The van der Waals surface area contributed by atoms with E-state index >= 15 is 0 Å². The third-order valence-electron chi connectivity index (χ3n) is 1.09. The van der Waals surface area contributed by atoms with E-state index in [2.05, 4.69) is 44.3 Å². The minimum absolute atomic E-state index is 0.750. The average molecular weight is 161 g/mol. The fraction of sp³-hybridized carbons (Fsp3) is 0.625. The second-order valence-electron chi connectivity index (χ2n) is 2.82. The molecular weight excluding hydrogens is 147 g/mol. The first-order valence-corrected chi connectivity index (χ1v) is 3.94. The van der Waals surface area contributed by atoms with Crippen LogP contribution in [-0.2, 0) is 17.0 Å². The summed E-state index contributed by atoms with van der Waals surface area (Å²) in [4.78, 5) is 0. The van der Waals surface area contributed by atoms with Gasteiger partial charge in [0, 0.05) is 0 Å². The zero-order valence-corrected chi connectivity index (χ0v) is 7.84. The van der Waals surface area contributed by atoms with Gasteiger partial charge in [-0.2, -0.15) is 0 Å². The molecule has 0 unspecified atom stereocenters. The average Bonchev–Trinajstić information content (AvgIpc) is 1.63. The third kappa shape index (κ3) is 4.68. The van der Waals surface area contributed by atoms with Crippen LogP contribution in [0.3, 0.4) is 0 Å². The normalized spacial score (nSPS) is 9.67. The Morgan fingerprint density at radius 1 is 1.56 bits per heavy atom. The Hall–Kier alpha value is 0.194. The summed E-state index contributed by atoms with van der Waals surface area (Å²) in [6.45, 7) is 10.3. The van der Waals surface area contributed by atoms with Crippen molar-refractivity contribution in [2.24, 2.45) is 5.92 Å². The summed E-state index contributed by atoms with van der Waals surface area (Å²) < 4.78 is 1.37. The Morgan fingerprint density at radius 3 is 2.11 bits per heavy atom. The Balaban J connectivity index is 3.65. The predicted octanol–water partition coefficient (Wildman–Crippen LogP) is 2.33. The molecule has 0 aliphatic heterocycles. The van der Waals surface area contributed by atoms with Crippen LogP contribution >= 0.6 is 0 Å². The maximum absolute atomic E-state index is 3.86. The van der Waals surface area contributed by atoms with Crippen molar-refractivity contribution in [1.82, 2.24) is 0 Å². The van der Waals surface area contributed by atoms with Crippen LogP contribution in [0, 0.1) is 5.92 Å². The van der Waals surface area contributed by atoms with Crippen molar-refractivity contribution in [2.75, 3.05) is 0 Å². The van der Waals surface area contributed by atoms with Crippen LogP contribution in [0.25, 0.3) is 0 Å². The second-order valence-corrected chi connectivity index (χ2v) is 3.67. The van der Waals surface area contributed by atoms with Gasteiger partial charge in [-0.1, -0.05) is 0 Å². The van der Waals surface area contributed by atoms with Gasteiger partial charge in [0.05, 0.1) is 0 Å². The van der Waals surface area contributed by atoms with Crippen LogP contribution in [-0.4, -0.2) is 4.23 Å². The molecule has 0 spiro atoms. The van der Waals surface area contributed by atoms with Gasteiger partial charge in [0.2, 0.25) is 0 Å². The predicted molar refractivity (Wildman–Crippen MR) is 39.3 cm³/mol. The quantitative estimate of drug-likeness (QED) is 0.595. The van der Waals surface area contributed by atoms with E-state index in [0.717, 1.165) is 12.3 Å². The molecule has 0 aliphatic rings. The summed E-state index contributed by atoms with van der Waals surface area (Å²) in [5.74, 6) is 0.750. The van der Waals surface area contributed by atoms with Crippen LogP contribution in [0.2, 0.25) is 0 Å². The maximum atomic E-state index is 3.86. The van der Waals surface area contributed by atoms with Crippen molar-refractivity contribution in [3.8, 4) is 0 Å². The van der Waals surface area contributed by atoms with Gasteiger partial charge in [-0.25, -0.2) is 0 Å². The molecule has 0 N–H and O–H groups in total. The molecule has 0 nitrogen and oxygen atoms in total. The van der Waals surface area contributed by atoms with Crippen molar-refractivity contribution in [3.63, 3.8) is 0 Å². The Labute approximate surface area is 66.8 Å². The van der Waals surface area contributed by atoms with Gasteiger partial charge in [0.15, 0.2) is 0 Å². The zero-order valence-electron chi connectivity index (χ0n) is 6.44. The first kappa shape index (κ1) is 9.19. The SMILES string of the molecule is C=C(C)[C](=[V])CC(C)C. The Kier molecular flexibility index (Phi) is 4.17. The summed E-state index contributed by atoms with van der Waals surface area (Å²) >= 11 is 2.59. The molecule has 51 valence electrons. The molecule has 0 aromatic carbocycles. The Morgan fingerprint density at radius 2 is 2.00 bits per heavy atom. The molecule has 0 bridgehead atoms. The molecule has 0 fully saturated rings. The van der Waals surface area contributed by atoms with E-state index in [1.165, 1.54) is 9.80 Å². The molecule has 0 aromatic heterocycles. The first-order valence-electron chi connectivity index (χ1n) is 3.24. The molecule has 0 aliphatic carbocycles. The molecule has 0 heterocycles. The third-order valence-corrected chi connectivity index (χ3v) is 1.98. The molecule has 0 saturated heterocycles. The van der Waals surface area contributed by atoms with E-state index in [0.29, 0.717) is 0 Å². The molecule has 0 aromatic rings. The van der Waals surface area contributed by atoms with Gasteiger partial charge in [-0.05, 0) is 0 Å². The van der Waals surface area contributed by atoms with Gasteiger partial charge in [0.25, 0.3) is 0 Å². The van der Waals surface area contributed by atoms with Gasteiger partial charge < -0.3 is 0 Å². The number of rotatable bonds is 3. The summed E-state index contributed by atoms with van der Waals surface area (Å²) in [7, 11) is 0. The van der Waals surface area contributed by atoms with Crippen LogP contribution < -0.4 is 0 Å². The minimum atomic E-state index is 0.750. The van der Waals surface area contributed by atoms with Crippen molar-refractivity contribution in [3.05, 3.63) is 12.2 Å². The number of hydrogen-bond acceptors (Lipinski definition) is 0. The van der Waals surface area contributed by atoms with Gasteiger partial charge in [0.1, 0.15) is 0 Å². The second kappa shape index (κ2) is 4.08. The molecule has 0 saturated carbocycles. The van der Waals surface area contributed by atoms with Crippen molar-refractivity contribution < 1.29 is 17.0 Å². The Bertz CT molecular complexity index is 123. The van der Waals surface area contributed by atoms with E-state index in [4.69, 9.17) is 0 Å². The molecule has 9 heavy (non-hydrogen) atoms. The molecule has 0 amide bonds. The van der Waals surface area contributed by atoms with Crippen LogP contribution in [0.15, 0.2) is 12.2 Å². The fourth-order valence-electron chi connectivity index (χ4n) is 0.561. The molecule has 0 rings (SSSR count). The summed E-state index contributed by atoms with van der Waals surface area (Å²) in [5.41, 5.74) is 1.20. The van der Waals surface area contributed by atoms with Crippen LogP contribution in [0.5, 0.6) is 0 Å². The number of allylic oxidation sites excluding steroid dienone is 1. The van der Waals surface area contributed by atoms with E-state index in [9.17, 15) is 0 Å². The van der Waals surface area contributed by atoms with Crippen molar-refractivity contribution >= 4 is 4.23 Å². The molecular formula is C8H14V. The molecule has 0 radical (unpaired) electrons. The summed E-state index contributed by atoms with van der Waals surface area (Å²) in [5, 5.41) is 0. The van der Waals surface area contributed by atoms with E-state index in [1.54, 1.807) is 0 Å². The number of hydrogen-bond donors (Lipinski definition) is 0. The summed E-state index contributed by atoms with van der Waals surface area (Å²) in [6.07, 6.45) is 1.16. The topological polar surface area (TPSA) is 0 Å². The van der Waals surface area contributed by atoms with Crippen molar-refractivity contribution in [2.45, 2.75) is 27.2 Å². The van der Waals surface area contributed by atoms with E-state index in [1.807, 2.05) is 0 Å². The summed E-state index contributed by atoms with van der Waals surface area (Å²) in [6, 6.07) is 0. The standard InChI is InChI=1S/C8H14.V/c1-7(2)5-6-8(3)4;/h8H,1,6H2,2-4H3;. The van der Waals surface area contributed by atoms with Crippen LogP contribution in [0.1, 0.15) is 27.2 Å². The van der Waals surface area contributed by atoms with Gasteiger partial charge in [-0.3, -0.25) is 0 Å². The fourth-order valence-corrected chi connectivity index (χ4v) is 1.13. The van der Waals surface area contributed by atoms with Gasteiger partial charge >= 0.3 is 66.5 Å². The first-order chi connectivity index (χ1) is 4.04. The van der Waals surface area contributed by atoms with E-state index in [-0.39, 0.29) is 0 Å². The molecule has 1 heteroatoms. The van der Waals surface area contributed by atoms with Crippen molar-refractivity contribution in [1.29, 1.82) is 0 Å². The van der Waals surface area contributed by atoms with E-state index < -0.39 is 0 Å². The van der Waals surface area contributed by atoms with Crippen LogP contribution in [0.4, 0.5) is 0 Å². The monoisotopic (exact) mass is 161 g/mol. The molecule has 0 atom stereocenters.